The number of hydrogen-bond acceptors (Lipinski definition) is 2. The topological polar surface area (TPSA) is 38.0 Å². The summed E-state index contributed by atoms with van der Waals surface area (Å²) in [6.07, 6.45) is 13.1. The van der Waals surface area contributed by atoms with E-state index in [1.165, 1.54) is 51.4 Å². The highest BCUT2D eigenvalue weighted by atomic mass is 15.2. The predicted molar refractivity (Wildman–Crippen MR) is 77.9 cm³/mol. The summed E-state index contributed by atoms with van der Waals surface area (Å²) in [6.45, 7) is 4.80. The average Bonchev–Trinajstić information content (AvgIpc) is 2.36. The van der Waals surface area contributed by atoms with E-state index < -0.39 is 0 Å². The van der Waals surface area contributed by atoms with Gasteiger partial charge in [-0.2, -0.15) is 0 Å². The van der Waals surface area contributed by atoms with E-state index in [9.17, 15) is 0 Å². The van der Waals surface area contributed by atoms with Crippen molar-refractivity contribution in [2.75, 3.05) is 0 Å². The molecule has 0 aliphatic heterocycles. The summed E-state index contributed by atoms with van der Waals surface area (Å²) in [5.74, 6) is 8.35. The standard InChI is InChI=1S/C16H30N2/c1-12-8-13(2)10-15(9-12)16(18-17)11-14-6-4-3-5-7-14/h6,12-13,15-16,18H,3-5,7-11,17H2,1-2H3. The van der Waals surface area contributed by atoms with Crippen LogP contribution in [0.25, 0.3) is 0 Å². The van der Waals surface area contributed by atoms with E-state index in [1.807, 2.05) is 0 Å². The molecule has 0 bridgehead atoms. The number of nitrogens with one attached hydrogen (secondary N) is 1. The molecule has 0 aromatic rings. The Labute approximate surface area is 112 Å². The van der Waals surface area contributed by atoms with Crippen molar-refractivity contribution in [3.8, 4) is 0 Å². The van der Waals surface area contributed by atoms with Gasteiger partial charge in [0.1, 0.15) is 0 Å². The highest BCUT2D eigenvalue weighted by molar-refractivity contribution is 5.07. The van der Waals surface area contributed by atoms with Crippen LogP contribution >= 0.6 is 0 Å². The Bertz CT molecular complexity index is 275. The highest BCUT2D eigenvalue weighted by Gasteiger charge is 2.29. The fourth-order valence-electron chi connectivity index (χ4n) is 4.07. The lowest BCUT2D eigenvalue weighted by molar-refractivity contribution is 0.175. The van der Waals surface area contributed by atoms with Crippen molar-refractivity contribution in [3.63, 3.8) is 0 Å². The van der Waals surface area contributed by atoms with Gasteiger partial charge in [0.25, 0.3) is 0 Å². The quantitative estimate of drug-likeness (QED) is 0.453. The molecule has 0 radical (unpaired) electrons. The van der Waals surface area contributed by atoms with Gasteiger partial charge in [0.15, 0.2) is 0 Å². The first-order valence-electron chi connectivity index (χ1n) is 7.83. The van der Waals surface area contributed by atoms with Crippen molar-refractivity contribution in [2.24, 2.45) is 23.6 Å². The van der Waals surface area contributed by atoms with Gasteiger partial charge in [-0.05, 0) is 69.1 Å². The minimum Gasteiger partial charge on any atom is -0.271 e. The molecule has 2 rings (SSSR count). The van der Waals surface area contributed by atoms with E-state index in [2.05, 4.69) is 25.3 Å². The fourth-order valence-corrected chi connectivity index (χ4v) is 4.07. The lowest BCUT2D eigenvalue weighted by atomic mass is 9.72. The summed E-state index contributed by atoms with van der Waals surface area (Å²) in [5.41, 5.74) is 4.77. The van der Waals surface area contributed by atoms with Crippen molar-refractivity contribution >= 4 is 0 Å². The second kappa shape index (κ2) is 6.72. The number of rotatable bonds is 4. The molecule has 0 aromatic heterocycles. The lowest BCUT2D eigenvalue weighted by Crippen LogP contribution is -2.43. The summed E-state index contributed by atoms with van der Waals surface area (Å²) < 4.78 is 0. The largest absolute Gasteiger partial charge is 0.271 e. The normalized spacial score (nSPS) is 35.1. The van der Waals surface area contributed by atoms with E-state index in [4.69, 9.17) is 5.84 Å². The van der Waals surface area contributed by atoms with Gasteiger partial charge in [0.2, 0.25) is 0 Å². The average molecular weight is 250 g/mol. The molecule has 2 nitrogen and oxygen atoms in total. The smallest absolute Gasteiger partial charge is 0.0276 e. The van der Waals surface area contributed by atoms with E-state index in [0.29, 0.717) is 6.04 Å². The van der Waals surface area contributed by atoms with Crippen molar-refractivity contribution in [1.29, 1.82) is 0 Å². The molecular weight excluding hydrogens is 220 g/mol. The lowest BCUT2D eigenvalue weighted by Gasteiger charge is -2.37. The first kappa shape index (κ1) is 14.1. The maximum Gasteiger partial charge on any atom is 0.0276 e. The van der Waals surface area contributed by atoms with Crippen molar-refractivity contribution in [3.05, 3.63) is 11.6 Å². The Morgan fingerprint density at radius 3 is 2.50 bits per heavy atom. The third-order valence-electron chi connectivity index (χ3n) is 4.87. The third-order valence-corrected chi connectivity index (χ3v) is 4.87. The summed E-state index contributed by atoms with van der Waals surface area (Å²) in [5, 5.41) is 0. The van der Waals surface area contributed by atoms with Crippen LogP contribution in [0.2, 0.25) is 0 Å². The highest BCUT2D eigenvalue weighted by Crippen LogP contribution is 2.36. The first-order chi connectivity index (χ1) is 8.69. The van der Waals surface area contributed by atoms with Crippen LogP contribution in [0.3, 0.4) is 0 Å². The predicted octanol–water partition coefficient (Wildman–Crippen LogP) is 3.78. The van der Waals surface area contributed by atoms with Crippen molar-refractivity contribution < 1.29 is 0 Å². The minimum absolute atomic E-state index is 0.500. The molecule has 3 unspecified atom stereocenters. The molecule has 1 fully saturated rings. The maximum atomic E-state index is 5.83. The molecule has 2 aliphatic rings. The van der Waals surface area contributed by atoms with Crippen LogP contribution in [-0.4, -0.2) is 6.04 Å². The van der Waals surface area contributed by atoms with Gasteiger partial charge in [-0.15, -0.1) is 0 Å². The van der Waals surface area contributed by atoms with E-state index in [0.717, 1.165) is 17.8 Å². The summed E-state index contributed by atoms with van der Waals surface area (Å²) in [6, 6.07) is 0.500. The molecule has 2 aliphatic carbocycles. The van der Waals surface area contributed by atoms with Gasteiger partial charge in [-0.25, -0.2) is 0 Å². The maximum absolute atomic E-state index is 5.83. The van der Waals surface area contributed by atoms with Crippen molar-refractivity contribution in [2.45, 2.75) is 71.3 Å². The Morgan fingerprint density at radius 1 is 1.22 bits per heavy atom. The second-order valence-corrected chi connectivity index (χ2v) is 6.76. The second-order valence-electron chi connectivity index (χ2n) is 6.76. The molecule has 104 valence electrons. The monoisotopic (exact) mass is 250 g/mol. The van der Waals surface area contributed by atoms with Crippen LogP contribution in [0.1, 0.15) is 65.2 Å². The molecule has 3 atom stereocenters. The van der Waals surface area contributed by atoms with Gasteiger partial charge in [0, 0.05) is 6.04 Å². The van der Waals surface area contributed by atoms with Gasteiger partial charge in [0.05, 0.1) is 0 Å². The molecular formula is C16H30N2. The van der Waals surface area contributed by atoms with Gasteiger partial charge in [-0.1, -0.05) is 25.5 Å². The van der Waals surface area contributed by atoms with E-state index in [-0.39, 0.29) is 0 Å². The van der Waals surface area contributed by atoms with E-state index in [1.54, 1.807) is 5.57 Å². The van der Waals surface area contributed by atoms with Crippen LogP contribution in [0.5, 0.6) is 0 Å². The molecule has 0 heterocycles. The number of allylic oxidation sites excluding steroid dienone is 1. The SMILES string of the molecule is CC1CC(C)CC(C(CC2=CCCCC2)NN)C1. The molecule has 2 heteroatoms. The zero-order valence-corrected chi connectivity index (χ0v) is 12.1. The Morgan fingerprint density at radius 2 is 1.94 bits per heavy atom. The van der Waals surface area contributed by atoms with Crippen LogP contribution in [0, 0.1) is 17.8 Å². The summed E-state index contributed by atoms with van der Waals surface area (Å²) in [4.78, 5) is 0. The molecule has 1 saturated carbocycles. The van der Waals surface area contributed by atoms with Gasteiger partial charge < -0.3 is 0 Å². The summed E-state index contributed by atoms with van der Waals surface area (Å²) >= 11 is 0. The van der Waals surface area contributed by atoms with Crippen LogP contribution < -0.4 is 11.3 Å². The first-order valence-corrected chi connectivity index (χ1v) is 7.83. The number of nitrogens with two attached hydrogens (primary N) is 1. The molecule has 0 spiro atoms. The van der Waals surface area contributed by atoms with Crippen LogP contribution in [-0.2, 0) is 0 Å². The zero-order valence-electron chi connectivity index (χ0n) is 12.1. The zero-order chi connectivity index (χ0) is 13.0. The number of hydrazine groups is 1. The Hall–Kier alpha value is -0.340. The number of hydrogen-bond donors (Lipinski definition) is 2. The molecule has 3 N–H and O–H groups in total. The fraction of sp³-hybridized carbons (Fsp3) is 0.875. The van der Waals surface area contributed by atoms with Crippen molar-refractivity contribution in [1.82, 2.24) is 5.43 Å². The molecule has 0 saturated heterocycles. The Balaban J connectivity index is 1.92. The summed E-state index contributed by atoms with van der Waals surface area (Å²) in [7, 11) is 0. The molecule has 0 amide bonds. The minimum atomic E-state index is 0.500. The molecule has 0 aromatic carbocycles. The van der Waals surface area contributed by atoms with Gasteiger partial charge >= 0.3 is 0 Å². The van der Waals surface area contributed by atoms with Crippen LogP contribution in [0.4, 0.5) is 0 Å². The molecule has 18 heavy (non-hydrogen) atoms. The Kier molecular flexibility index (Phi) is 5.25. The van der Waals surface area contributed by atoms with Gasteiger partial charge in [-0.3, -0.25) is 11.3 Å². The van der Waals surface area contributed by atoms with Crippen LogP contribution in [0.15, 0.2) is 11.6 Å². The third kappa shape index (κ3) is 3.83. The van der Waals surface area contributed by atoms with E-state index >= 15 is 0 Å².